The van der Waals surface area contributed by atoms with Crippen LogP contribution in [0.5, 0.6) is 5.75 Å². The van der Waals surface area contributed by atoms with Gasteiger partial charge in [0.05, 0.1) is 12.8 Å². The SMILES string of the molecule is COc1cccc(-n2ccnc2SCCC(=O)NC2CCCCC2)c1. The highest BCUT2D eigenvalue weighted by atomic mass is 32.2. The van der Waals surface area contributed by atoms with Gasteiger partial charge in [0.1, 0.15) is 5.75 Å². The monoisotopic (exact) mass is 359 g/mol. The minimum Gasteiger partial charge on any atom is -0.497 e. The lowest BCUT2D eigenvalue weighted by Crippen LogP contribution is -2.36. The first kappa shape index (κ1) is 17.9. The Balaban J connectivity index is 1.52. The zero-order valence-electron chi connectivity index (χ0n) is 14.6. The first-order valence-electron chi connectivity index (χ1n) is 8.86. The maximum Gasteiger partial charge on any atom is 0.221 e. The maximum atomic E-state index is 12.1. The average Bonchev–Trinajstić information content (AvgIpc) is 3.11. The molecule has 1 amide bonds. The zero-order valence-corrected chi connectivity index (χ0v) is 15.4. The van der Waals surface area contributed by atoms with Crippen molar-refractivity contribution in [3.8, 4) is 11.4 Å². The second-order valence-corrected chi connectivity index (χ2v) is 7.34. The molecule has 6 heteroatoms. The van der Waals surface area contributed by atoms with Gasteiger partial charge in [-0.15, -0.1) is 0 Å². The molecule has 1 saturated carbocycles. The van der Waals surface area contributed by atoms with Gasteiger partial charge < -0.3 is 10.1 Å². The molecule has 1 N–H and O–H groups in total. The first-order valence-corrected chi connectivity index (χ1v) is 9.85. The summed E-state index contributed by atoms with van der Waals surface area (Å²) in [7, 11) is 1.66. The molecule has 0 unspecified atom stereocenters. The van der Waals surface area contributed by atoms with Crippen LogP contribution in [0, 0.1) is 0 Å². The van der Waals surface area contributed by atoms with Crippen LogP contribution in [0.4, 0.5) is 0 Å². The summed E-state index contributed by atoms with van der Waals surface area (Å²) in [6, 6.07) is 8.25. The fourth-order valence-electron chi connectivity index (χ4n) is 3.14. The van der Waals surface area contributed by atoms with Crippen molar-refractivity contribution in [1.29, 1.82) is 0 Å². The summed E-state index contributed by atoms with van der Waals surface area (Å²) < 4.78 is 7.30. The number of ether oxygens (including phenoxy) is 1. The van der Waals surface area contributed by atoms with Crippen LogP contribution in [0.25, 0.3) is 5.69 Å². The zero-order chi connectivity index (χ0) is 17.5. The van der Waals surface area contributed by atoms with Crippen LogP contribution in [-0.4, -0.2) is 34.4 Å². The van der Waals surface area contributed by atoms with E-state index in [2.05, 4.69) is 10.3 Å². The number of benzene rings is 1. The molecule has 0 atom stereocenters. The Morgan fingerprint density at radius 2 is 2.20 bits per heavy atom. The number of hydrogen-bond donors (Lipinski definition) is 1. The molecular weight excluding hydrogens is 334 g/mol. The molecule has 0 bridgehead atoms. The van der Waals surface area contributed by atoms with Crippen LogP contribution in [0.2, 0.25) is 0 Å². The van der Waals surface area contributed by atoms with Crippen molar-refractivity contribution < 1.29 is 9.53 Å². The average molecular weight is 359 g/mol. The molecular formula is C19H25N3O2S. The third kappa shape index (κ3) is 5.01. The molecule has 1 heterocycles. The first-order chi connectivity index (χ1) is 12.3. The number of nitrogens with zero attached hydrogens (tertiary/aromatic N) is 2. The van der Waals surface area contributed by atoms with E-state index in [0.29, 0.717) is 12.5 Å². The van der Waals surface area contributed by atoms with Gasteiger partial charge in [-0.1, -0.05) is 37.1 Å². The number of hydrogen-bond acceptors (Lipinski definition) is 4. The van der Waals surface area contributed by atoms with Crippen LogP contribution in [0.15, 0.2) is 41.8 Å². The van der Waals surface area contributed by atoms with Crippen molar-refractivity contribution in [2.24, 2.45) is 0 Å². The number of thioether (sulfide) groups is 1. The third-order valence-electron chi connectivity index (χ3n) is 4.47. The molecule has 0 saturated heterocycles. The molecule has 0 spiro atoms. The van der Waals surface area contributed by atoms with E-state index in [0.717, 1.165) is 35.2 Å². The van der Waals surface area contributed by atoms with Gasteiger partial charge in [0.2, 0.25) is 5.91 Å². The van der Waals surface area contributed by atoms with Crippen molar-refractivity contribution in [1.82, 2.24) is 14.9 Å². The molecule has 5 nitrogen and oxygen atoms in total. The Hall–Kier alpha value is -1.95. The highest BCUT2D eigenvalue weighted by Crippen LogP contribution is 2.24. The lowest BCUT2D eigenvalue weighted by atomic mass is 9.95. The lowest BCUT2D eigenvalue weighted by Gasteiger charge is -2.22. The summed E-state index contributed by atoms with van der Waals surface area (Å²) in [5.74, 6) is 1.69. The van der Waals surface area contributed by atoms with Gasteiger partial charge in [0, 0.05) is 36.7 Å². The Kier molecular flexibility index (Phi) is 6.39. The van der Waals surface area contributed by atoms with E-state index >= 15 is 0 Å². The maximum absolute atomic E-state index is 12.1. The quantitative estimate of drug-likeness (QED) is 0.764. The van der Waals surface area contributed by atoms with Gasteiger partial charge in [-0.3, -0.25) is 9.36 Å². The summed E-state index contributed by atoms with van der Waals surface area (Å²) in [6.07, 6.45) is 10.2. The van der Waals surface area contributed by atoms with Crippen molar-refractivity contribution in [2.75, 3.05) is 12.9 Å². The van der Waals surface area contributed by atoms with E-state index in [4.69, 9.17) is 4.74 Å². The molecule has 1 fully saturated rings. The number of nitrogens with one attached hydrogen (secondary N) is 1. The molecule has 1 aromatic heterocycles. The Labute approximate surface area is 153 Å². The van der Waals surface area contributed by atoms with E-state index in [9.17, 15) is 4.79 Å². The van der Waals surface area contributed by atoms with Crippen LogP contribution in [0.1, 0.15) is 38.5 Å². The van der Waals surface area contributed by atoms with Gasteiger partial charge in [0.15, 0.2) is 5.16 Å². The molecule has 2 aromatic rings. The number of amides is 1. The molecule has 0 aliphatic heterocycles. The number of rotatable bonds is 7. The minimum atomic E-state index is 0.152. The van der Waals surface area contributed by atoms with Gasteiger partial charge >= 0.3 is 0 Å². The normalized spacial score (nSPS) is 15.1. The fraction of sp³-hybridized carbons (Fsp3) is 0.474. The topological polar surface area (TPSA) is 56.2 Å². The number of imidazole rings is 1. The Morgan fingerprint density at radius 1 is 1.36 bits per heavy atom. The van der Waals surface area contributed by atoms with E-state index in [1.54, 1.807) is 25.1 Å². The molecule has 25 heavy (non-hydrogen) atoms. The molecule has 1 aromatic carbocycles. The van der Waals surface area contributed by atoms with Gasteiger partial charge in [-0.25, -0.2) is 4.98 Å². The molecule has 3 rings (SSSR count). The molecule has 1 aliphatic carbocycles. The third-order valence-corrected chi connectivity index (χ3v) is 5.44. The molecule has 0 radical (unpaired) electrons. The van der Waals surface area contributed by atoms with Crippen molar-refractivity contribution in [3.63, 3.8) is 0 Å². The van der Waals surface area contributed by atoms with E-state index in [-0.39, 0.29) is 5.91 Å². The summed E-state index contributed by atoms with van der Waals surface area (Å²) in [6.45, 7) is 0. The highest BCUT2D eigenvalue weighted by Gasteiger charge is 2.15. The van der Waals surface area contributed by atoms with Crippen molar-refractivity contribution >= 4 is 17.7 Å². The number of aromatic nitrogens is 2. The van der Waals surface area contributed by atoms with Crippen LogP contribution in [-0.2, 0) is 4.79 Å². The van der Waals surface area contributed by atoms with Gasteiger partial charge in [0.25, 0.3) is 0 Å². The fourth-order valence-corrected chi connectivity index (χ4v) is 4.05. The Bertz CT molecular complexity index is 695. The summed E-state index contributed by atoms with van der Waals surface area (Å²) in [5.41, 5.74) is 1.01. The molecule has 134 valence electrons. The van der Waals surface area contributed by atoms with E-state index < -0.39 is 0 Å². The van der Waals surface area contributed by atoms with Crippen molar-refractivity contribution in [3.05, 3.63) is 36.7 Å². The number of carbonyl (C=O) groups excluding carboxylic acids is 1. The predicted octanol–water partition coefficient (Wildman–Crippen LogP) is 3.81. The Morgan fingerprint density at radius 3 is 3.00 bits per heavy atom. The van der Waals surface area contributed by atoms with Gasteiger partial charge in [-0.2, -0.15) is 0 Å². The number of carbonyl (C=O) groups is 1. The minimum absolute atomic E-state index is 0.152. The summed E-state index contributed by atoms with van der Waals surface area (Å²) in [5, 5.41) is 4.05. The highest BCUT2D eigenvalue weighted by molar-refractivity contribution is 7.99. The standard InChI is InChI=1S/C19H25N3O2S/c1-24-17-9-5-8-16(14-17)22-12-11-20-19(22)25-13-10-18(23)21-15-6-3-2-4-7-15/h5,8-9,11-12,14-15H,2-4,6-7,10,13H2,1H3,(H,21,23). The predicted molar refractivity (Wildman–Crippen MR) is 100 cm³/mol. The lowest BCUT2D eigenvalue weighted by molar-refractivity contribution is -0.121. The van der Waals surface area contributed by atoms with E-state index in [1.807, 2.05) is 35.0 Å². The van der Waals surface area contributed by atoms with Crippen LogP contribution < -0.4 is 10.1 Å². The van der Waals surface area contributed by atoms with E-state index in [1.165, 1.54) is 19.3 Å². The summed E-state index contributed by atoms with van der Waals surface area (Å²) in [4.78, 5) is 16.5. The van der Waals surface area contributed by atoms with Crippen molar-refractivity contribution in [2.45, 2.75) is 49.7 Å². The second kappa shape index (κ2) is 8.94. The smallest absolute Gasteiger partial charge is 0.221 e. The van der Waals surface area contributed by atoms with Gasteiger partial charge in [-0.05, 0) is 25.0 Å². The summed E-state index contributed by atoms with van der Waals surface area (Å²) >= 11 is 1.60. The largest absolute Gasteiger partial charge is 0.497 e. The van der Waals surface area contributed by atoms with Crippen LogP contribution in [0.3, 0.4) is 0 Å². The molecule has 1 aliphatic rings. The second-order valence-electron chi connectivity index (χ2n) is 6.28. The number of methoxy groups -OCH3 is 1. The van der Waals surface area contributed by atoms with Crippen LogP contribution >= 0.6 is 11.8 Å².